The topological polar surface area (TPSA) is 87.4 Å². The summed E-state index contributed by atoms with van der Waals surface area (Å²) < 4.78 is 10.9. The summed E-state index contributed by atoms with van der Waals surface area (Å²) in [7, 11) is 0. The van der Waals surface area contributed by atoms with Crippen LogP contribution in [0.15, 0.2) is 44.3 Å². The molecule has 0 aliphatic heterocycles. The molecule has 0 atom stereocenters. The Balaban J connectivity index is 1.74. The minimum absolute atomic E-state index is 0.139. The number of benzene rings is 1. The van der Waals surface area contributed by atoms with Gasteiger partial charge in [0, 0.05) is 12.5 Å². The summed E-state index contributed by atoms with van der Waals surface area (Å²) in [4.78, 5) is 3.90. The van der Waals surface area contributed by atoms with Crippen molar-refractivity contribution >= 4 is 35.3 Å². The zero-order valence-corrected chi connectivity index (χ0v) is 13.9. The zero-order chi connectivity index (χ0) is 17.1. The zero-order valence-electron chi connectivity index (χ0n) is 12.4. The lowest BCUT2D eigenvalue weighted by atomic mass is 10.2. The van der Waals surface area contributed by atoms with Gasteiger partial charge in [0.05, 0.1) is 16.3 Å². The van der Waals surface area contributed by atoms with Crippen LogP contribution in [0.2, 0.25) is 10.0 Å². The quantitative estimate of drug-likeness (QED) is 0.529. The van der Waals surface area contributed by atoms with E-state index in [4.69, 9.17) is 37.3 Å². The monoisotopic (exact) mass is 360 g/mol. The molecule has 6 nitrogen and oxygen atoms in total. The minimum Gasteiger partial charge on any atom is -0.455 e. The van der Waals surface area contributed by atoms with Crippen molar-refractivity contribution in [2.75, 3.05) is 5.43 Å². The SMILES string of the molecule is Cc1nc(C#N)c(N/N=C/c2ccc(-c3ccc(Cl)c(Cl)c3)o2)o1. The summed E-state index contributed by atoms with van der Waals surface area (Å²) in [5.74, 6) is 1.70. The summed E-state index contributed by atoms with van der Waals surface area (Å²) >= 11 is 11.9. The van der Waals surface area contributed by atoms with E-state index in [-0.39, 0.29) is 11.6 Å². The molecule has 0 fully saturated rings. The Labute approximate surface area is 147 Å². The Hall–Kier alpha value is -2.75. The van der Waals surface area contributed by atoms with E-state index < -0.39 is 0 Å². The van der Waals surface area contributed by atoms with E-state index in [1.54, 1.807) is 31.2 Å². The molecule has 0 unspecified atom stereocenters. The van der Waals surface area contributed by atoms with Gasteiger partial charge in [0.2, 0.25) is 5.69 Å². The average molecular weight is 361 g/mol. The van der Waals surface area contributed by atoms with Gasteiger partial charge < -0.3 is 8.83 Å². The Morgan fingerprint density at radius 2 is 2.04 bits per heavy atom. The van der Waals surface area contributed by atoms with Gasteiger partial charge in [0.15, 0.2) is 5.89 Å². The number of nitrogens with zero attached hydrogens (tertiary/aromatic N) is 3. The summed E-state index contributed by atoms with van der Waals surface area (Å²) in [6.07, 6.45) is 1.46. The van der Waals surface area contributed by atoms with Crippen molar-refractivity contribution in [2.24, 2.45) is 5.10 Å². The van der Waals surface area contributed by atoms with Crippen LogP contribution in [0.25, 0.3) is 11.3 Å². The highest BCUT2D eigenvalue weighted by Crippen LogP contribution is 2.29. The number of aryl methyl sites for hydroxylation is 1. The van der Waals surface area contributed by atoms with Crippen LogP contribution >= 0.6 is 23.2 Å². The Bertz CT molecular complexity index is 953. The van der Waals surface area contributed by atoms with E-state index in [2.05, 4.69) is 15.5 Å². The molecule has 0 amide bonds. The smallest absolute Gasteiger partial charge is 0.252 e. The number of hydrazone groups is 1. The maximum atomic E-state index is 8.92. The average Bonchev–Trinajstić information content (AvgIpc) is 3.17. The van der Waals surface area contributed by atoms with E-state index >= 15 is 0 Å². The number of nitriles is 1. The third-order valence-electron chi connectivity index (χ3n) is 3.03. The molecule has 0 bridgehead atoms. The number of oxazole rings is 1. The molecule has 3 rings (SSSR count). The van der Waals surface area contributed by atoms with Crippen LogP contribution in [0.1, 0.15) is 17.3 Å². The van der Waals surface area contributed by atoms with Crippen LogP contribution in [0, 0.1) is 18.3 Å². The minimum atomic E-state index is 0.139. The van der Waals surface area contributed by atoms with E-state index in [0.717, 1.165) is 5.56 Å². The number of anilines is 1. The van der Waals surface area contributed by atoms with Gasteiger partial charge in [-0.25, -0.2) is 10.4 Å². The number of hydrogen-bond acceptors (Lipinski definition) is 6. The standard InChI is InChI=1S/C16H10Cl2N4O2/c1-9-21-14(7-19)16(23-9)22-20-8-11-3-5-15(24-11)10-2-4-12(17)13(18)6-10/h2-6,8,22H,1H3/b20-8+. The van der Waals surface area contributed by atoms with Crippen LogP contribution in [0.4, 0.5) is 5.88 Å². The molecule has 2 aromatic heterocycles. The van der Waals surface area contributed by atoms with Gasteiger partial charge in [-0.15, -0.1) is 0 Å². The van der Waals surface area contributed by atoms with E-state index in [1.807, 2.05) is 12.1 Å². The highest BCUT2D eigenvalue weighted by Gasteiger charge is 2.09. The molecule has 0 aliphatic rings. The largest absolute Gasteiger partial charge is 0.455 e. The highest BCUT2D eigenvalue weighted by atomic mass is 35.5. The van der Waals surface area contributed by atoms with Crippen molar-refractivity contribution in [3.05, 3.63) is 57.7 Å². The second-order valence-corrected chi connectivity index (χ2v) is 5.54. The molecule has 1 N–H and O–H groups in total. The molecule has 3 aromatic rings. The fourth-order valence-corrected chi connectivity index (χ4v) is 2.26. The van der Waals surface area contributed by atoms with Crippen molar-refractivity contribution in [3.63, 3.8) is 0 Å². The number of rotatable bonds is 4. The molecule has 0 radical (unpaired) electrons. The summed E-state index contributed by atoms with van der Waals surface area (Å²) in [5.41, 5.74) is 3.56. The fraction of sp³-hybridized carbons (Fsp3) is 0.0625. The van der Waals surface area contributed by atoms with Gasteiger partial charge >= 0.3 is 0 Å². The third kappa shape index (κ3) is 3.43. The van der Waals surface area contributed by atoms with E-state index in [1.165, 1.54) is 6.21 Å². The first kappa shape index (κ1) is 16.1. The van der Waals surface area contributed by atoms with Crippen molar-refractivity contribution in [1.29, 1.82) is 5.26 Å². The van der Waals surface area contributed by atoms with Gasteiger partial charge in [-0.05, 0) is 30.3 Å². The Kier molecular flexibility index (Phi) is 4.56. The first-order valence-electron chi connectivity index (χ1n) is 6.78. The predicted molar refractivity (Wildman–Crippen MR) is 91.3 cm³/mol. The van der Waals surface area contributed by atoms with Crippen molar-refractivity contribution in [3.8, 4) is 17.4 Å². The lowest BCUT2D eigenvalue weighted by molar-refractivity contribution is 0.533. The van der Waals surface area contributed by atoms with Crippen molar-refractivity contribution in [1.82, 2.24) is 4.98 Å². The molecular formula is C16H10Cl2N4O2. The second-order valence-electron chi connectivity index (χ2n) is 4.72. The summed E-state index contributed by atoms with van der Waals surface area (Å²) in [5, 5.41) is 13.8. The molecule has 0 saturated heterocycles. The fourth-order valence-electron chi connectivity index (χ4n) is 1.96. The summed E-state index contributed by atoms with van der Waals surface area (Å²) in [6, 6.07) is 10.7. The van der Waals surface area contributed by atoms with Crippen molar-refractivity contribution < 1.29 is 8.83 Å². The molecule has 2 heterocycles. The van der Waals surface area contributed by atoms with Crippen molar-refractivity contribution in [2.45, 2.75) is 6.92 Å². The first-order valence-corrected chi connectivity index (χ1v) is 7.54. The molecule has 24 heavy (non-hydrogen) atoms. The Morgan fingerprint density at radius 3 is 2.79 bits per heavy atom. The van der Waals surface area contributed by atoms with Crippen LogP contribution in [-0.2, 0) is 0 Å². The van der Waals surface area contributed by atoms with Gasteiger partial charge in [-0.2, -0.15) is 10.4 Å². The number of aromatic nitrogens is 1. The third-order valence-corrected chi connectivity index (χ3v) is 3.77. The number of halogens is 2. The van der Waals surface area contributed by atoms with Gasteiger partial charge in [0.1, 0.15) is 17.6 Å². The van der Waals surface area contributed by atoms with Crippen LogP contribution in [0.3, 0.4) is 0 Å². The Morgan fingerprint density at radius 1 is 1.21 bits per heavy atom. The van der Waals surface area contributed by atoms with E-state index in [9.17, 15) is 0 Å². The number of hydrogen-bond donors (Lipinski definition) is 1. The van der Waals surface area contributed by atoms with Gasteiger partial charge in [0.25, 0.3) is 5.88 Å². The number of furan rings is 1. The maximum absolute atomic E-state index is 8.92. The molecule has 0 saturated carbocycles. The van der Waals surface area contributed by atoms with Crippen LogP contribution < -0.4 is 5.43 Å². The molecule has 0 spiro atoms. The first-order chi connectivity index (χ1) is 11.6. The molecule has 1 aromatic carbocycles. The second kappa shape index (κ2) is 6.79. The number of nitrogens with one attached hydrogen (secondary N) is 1. The molecular weight excluding hydrogens is 351 g/mol. The summed E-state index contributed by atoms with van der Waals surface area (Å²) in [6.45, 7) is 1.64. The normalized spacial score (nSPS) is 10.9. The van der Waals surface area contributed by atoms with Gasteiger partial charge in [-0.3, -0.25) is 0 Å². The van der Waals surface area contributed by atoms with Crippen LogP contribution in [-0.4, -0.2) is 11.2 Å². The molecule has 0 aliphatic carbocycles. The molecule has 120 valence electrons. The lowest BCUT2D eigenvalue weighted by Crippen LogP contribution is -1.90. The van der Waals surface area contributed by atoms with E-state index in [0.29, 0.717) is 27.5 Å². The predicted octanol–water partition coefficient (Wildman–Crippen LogP) is 4.87. The molecule has 8 heteroatoms. The highest BCUT2D eigenvalue weighted by molar-refractivity contribution is 6.42. The van der Waals surface area contributed by atoms with Crippen LogP contribution in [0.5, 0.6) is 0 Å². The maximum Gasteiger partial charge on any atom is 0.252 e. The van der Waals surface area contributed by atoms with Gasteiger partial charge in [-0.1, -0.05) is 23.2 Å². The lowest BCUT2D eigenvalue weighted by Gasteiger charge is -1.99.